The molecule has 152 valence electrons. The van der Waals surface area contributed by atoms with Gasteiger partial charge in [-0.3, -0.25) is 14.2 Å². The first-order chi connectivity index (χ1) is 14.0. The average Bonchev–Trinajstić information content (AvgIpc) is 2.72. The average molecular weight is 432 g/mol. The van der Waals surface area contributed by atoms with Crippen LogP contribution in [0.25, 0.3) is 16.6 Å². The summed E-state index contributed by atoms with van der Waals surface area (Å²) >= 11 is 7.45. The molecular weight excluding hydrogens is 410 g/mol. The fraction of sp³-hybridized carbons (Fsp3) is 0.286. The molecule has 0 aliphatic heterocycles. The molecule has 0 saturated carbocycles. The second kappa shape index (κ2) is 9.33. The van der Waals surface area contributed by atoms with Gasteiger partial charge < -0.3 is 10.1 Å². The highest BCUT2D eigenvalue weighted by atomic mass is 35.5. The second-order valence-electron chi connectivity index (χ2n) is 6.46. The van der Waals surface area contributed by atoms with Crippen LogP contribution < -0.4 is 15.6 Å². The maximum absolute atomic E-state index is 13.4. The lowest BCUT2D eigenvalue weighted by Gasteiger charge is -2.17. The van der Waals surface area contributed by atoms with Gasteiger partial charge in [-0.05, 0) is 37.1 Å². The molecule has 1 amide bonds. The number of carbonyl (C=O) groups is 1. The first-order valence-electron chi connectivity index (χ1n) is 9.22. The van der Waals surface area contributed by atoms with Gasteiger partial charge in [0.25, 0.3) is 5.56 Å². The highest BCUT2D eigenvalue weighted by Gasteiger charge is 2.18. The van der Waals surface area contributed by atoms with Gasteiger partial charge in [-0.1, -0.05) is 42.4 Å². The van der Waals surface area contributed by atoms with E-state index in [9.17, 15) is 9.59 Å². The van der Waals surface area contributed by atoms with E-state index in [1.807, 2.05) is 19.9 Å². The standard InChI is InChI=1S/C21H22ClN3O3S/c1-4-9-23-19(26)12-29-21-24-16-8-6-5-7-14(16)20(27)25(21)17-10-13(2)15(22)11-18(17)28-3/h5-8,10-11H,4,9,12H2,1-3H3,(H,23,26). The summed E-state index contributed by atoms with van der Waals surface area (Å²) in [5.41, 5.74) is 1.69. The molecule has 0 unspecified atom stereocenters. The Bertz CT molecular complexity index is 1110. The number of para-hydroxylation sites is 1. The van der Waals surface area contributed by atoms with E-state index < -0.39 is 0 Å². The van der Waals surface area contributed by atoms with Gasteiger partial charge in [0.15, 0.2) is 5.16 Å². The third kappa shape index (κ3) is 4.57. The van der Waals surface area contributed by atoms with E-state index in [-0.39, 0.29) is 17.2 Å². The van der Waals surface area contributed by atoms with Gasteiger partial charge in [-0.2, -0.15) is 0 Å². The SMILES string of the molecule is CCCNC(=O)CSc1nc2ccccc2c(=O)n1-c1cc(C)c(Cl)cc1OC. The molecule has 0 aliphatic carbocycles. The zero-order chi connectivity index (χ0) is 21.0. The van der Waals surface area contributed by atoms with Crippen LogP contribution in [-0.4, -0.2) is 34.9 Å². The van der Waals surface area contributed by atoms with Crippen molar-refractivity contribution in [3.63, 3.8) is 0 Å². The van der Waals surface area contributed by atoms with E-state index in [4.69, 9.17) is 16.3 Å². The molecule has 0 spiro atoms. The van der Waals surface area contributed by atoms with Crippen LogP contribution in [0.15, 0.2) is 46.3 Å². The number of hydrogen-bond acceptors (Lipinski definition) is 5. The first kappa shape index (κ1) is 21.2. The van der Waals surface area contributed by atoms with Gasteiger partial charge in [0.2, 0.25) is 5.91 Å². The summed E-state index contributed by atoms with van der Waals surface area (Å²) in [6, 6.07) is 10.6. The zero-order valence-corrected chi connectivity index (χ0v) is 18.1. The number of thioether (sulfide) groups is 1. The number of aromatic nitrogens is 2. The number of amides is 1. The number of rotatable bonds is 7. The van der Waals surface area contributed by atoms with Crippen molar-refractivity contribution in [3.05, 3.63) is 57.3 Å². The molecule has 0 saturated heterocycles. The smallest absolute Gasteiger partial charge is 0.266 e. The van der Waals surface area contributed by atoms with E-state index >= 15 is 0 Å². The molecule has 3 aromatic rings. The van der Waals surface area contributed by atoms with E-state index in [1.165, 1.54) is 23.4 Å². The van der Waals surface area contributed by atoms with E-state index in [0.29, 0.717) is 39.1 Å². The molecular formula is C21H22ClN3O3S. The van der Waals surface area contributed by atoms with Crippen LogP contribution in [0.1, 0.15) is 18.9 Å². The summed E-state index contributed by atoms with van der Waals surface area (Å²) in [5, 5.41) is 4.28. The molecule has 0 fully saturated rings. The topological polar surface area (TPSA) is 73.2 Å². The summed E-state index contributed by atoms with van der Waals surface area (Å²) in [7, 11) is 1.52. The fourth-order valence-corrected chi connectivity index (χ4v) is 3.84. The Hall–Kier alpha value is -2.51. The molecule has 0 bridgehead atoms. The molecule has 3 rings (SSSR count). The second-order valence-corrected chi connectivity index (χ2v) is 7.81. The van der Waals surface area contributed by atoms with Crippen molar-refractivity contribution in [3.8, 4) is 11.4 Å². The van der Waals surface area contributed by atoms with Crippen molar-refractivity contribution in [1.29, 1.82) is 0 Å². The van der Waals surface area contributed by atoms with Crippen molar-refractivity contribution < 1.29 is 9.53 Å². The molecule has 29 heavy (non-hydrogen) atoms. The number of halogens is 1. The number of methoxy groups -OCH3 is 1. The van der Waals surface area contributed by atoms with Crippen molar-refractivity contribution in [2.24, 2.45) is 0 Å². The molecule has 0 radical (unpaired) electrons. The third-order valence-electron chi connectivity index (χ3n) is 4.35. The minimum absolute atomic E-state index is 0.106. The van der Waals surface area contributed by atoms with Gasteiger partial charge in [-0.25, -0.2) is 4.98 Å². The Balaban J connectivity index is 2.17. The number of hydrogen-bond donors (Lipinski definition) is 1. The van der Waals surface area contributed by atoms with Crippen LogP contribution in [0.5, 0.6) is 5.75 Å². The van der Waals surface area contributed by atoms with Crippen molar-refractivity contribution >= 4 is 40.2 Å². The first-order valence-corrected chi connectivity index (χ1v) is 10.6. The summed E-state index contributed by atoms with van der Waals surface area (Å²) in [4.78, 5) is 30.1. The van der Waals surface area contributed by atoms with Crippen LogP contribution in [-0.2, 0) is 4.79 Å². The predicted molar refractivity (Wildman–Crippen MR) is 118 cm³/mol. The van der Waals surface area contributed by atoms with Gasteiger partial charge in [-0.15, -0.1) is 0 Å². The molecule has 6 nitrogen and oxygen atoms in total. The van der Waals surface area contributed by atoms with Gasteiger partial charge in [0, 0.05) is 17.6 Å². The zero-order valence-electron chi connectivity index (χ0n) is 16.5. The Labute approximate surface area is 178 Å². The Morgan fingerprint density at radius 3 is 2.79 bits per heavy atom. The largest absolute Gasteiger partial charge is 0.495 e. The maximum atomic E-state index is 13.4. The lowest BCUT2D eigenvalue weighted by molar-refractivity contribution is -0.118. The number of ether oxygens (including phenoxy) is 1. The van der Waals surface area contributed by atoms with Gasteiger partial charge in [0.1, 0.15) is 5.75 Å². The Kier molecular flexibility index (Phi) is 6.82. The quantitative estimate of drug-likeness (QED) is 0.452. The van der Waals surface area contributed by atoms with Crippen molar-refractivity contribution in [2.45, 2.75) is 25.4 Å². The molecule has 8 heteroatoms. The van der Waals surface area contributed by atoms with Crippen LogP contribution >= 0.6 is 23.4 Å². The predicted octanol–water partition coefficient (Wildman–Crippen LogP) is 3.97. The van der Waals surface area contributed by atoms with Crippen LogP contribution in [0.2, 0.25) is 5.02 Å². The molecule has 0 atom stereocenters. The minimum Gasteiger partial charge on any atom is -0.495 e. The summed E-state index contributed by atoms with van der Waals surface area (Å²) in [5.74, 6) is 0.502. The third-order valence-corrected chi connectivity index (χ3v) is 5.70. The lowest BCUT2D eigenvalue weighted by atomic mass is 10.2. The lowest BCUT2D eigenvalue weighted by Crippen LogP contribution is -2.27. The number of aryl methyl sites for hydroxylation is 1. The minimum atomic E-state index is -0.230. The molecule has 1 aromatic heterocycles. The number of nitrogens with one attached hydrogen (secondary N) is 1. The monoisotopic (exact) mass is 431 g/mol. The van der Waals surface area contributed by atoms with Gasteiger partial charge >= 0.3 is 0 Å². The Morgan fingerprint density at radius 2 is 2.07 bits per heavy atom. The highest BCUT2D eigenvalue weighted by molar-refractivity contribution is 7.99. The van der Waals surface area contributed by atoms with Crippen molar-refractivity contribution in [1.82, 2.24) is 14.9 Å². The van der Waals surface area contributed by atoms with E-state index in [2.05, 4.69) is 10.3 Å². The number of carbonyl (C=O) groups excluding carboxylic acids is 1. The number of benzene rings is 2. The van der Waals surface area contributed by atoms with Crippen LogP contribution in [0, 0.1) is 6.92 Å². The van der Waals surface area contributed by atoms with Crippen molar-refractivity contribution in [2.75, 3.05) is 19.4 Å². The fourth-order valence-electron chi connectivity index (χ4n) is 2.85. The summed E-state index contributed by atoms with van der Waals surface area (Å²) in [6.07, 6.45) is 0.858. The summed E-state index contributed by atoms with van der Waals surface area (Å²) in [6.45, 7) is 4.46. The highest BCUT2D eigenvalue weighted by Crippen LogP contribution is 2.31. The number of nitrogens with zero attached hydrogens (tertiary/aromatic N) is 2. The maximum Gasteiger partial charge on any atom is 0.266 e. The Morgan fingerprint density at radius 1 is 1.31 bits per heavy atom. The van der Waals surface area contributed by atoms with Gasteiger partial charge in [0.05, 0.1) is 29.5 Å². The molecule has 1 heterocycles. The van der Waals surface area contributed by atoms with Crippen LogP contribution in [0.3, 0.4) is 0 Å². The van der Waals surface area contributed by atoms with E-state index in [1.54, 1.807) is 30.3 Å². The van der Waals surface area contributed by atoms with E-state index in [0.717, 1.165) is 12.0 Å². The van der Waals surface area contributed by atoms with Crippen LogP contribution in [0.4, 0.5) is 0 Å². The summed E-state index contributed by atoms with van der Waals surface area (Å²) < 4.78 is 6.96. The number of fused-ring (bicyclic) bond motifs is 1. The molecule has 2 aromatic carbocycles. The molecule has 1 N–H and O–H groups in total. The normalized spacial score (nSPS) is 10.9. The molecule has 0 aliphatic rings.